The predicted molar refractivity (Wildman–Crippen MR) is 118 cm³/mol. The van der Waals surface area contributed by atoms with Crippen LogP contribution >= 0.6 is 24.0 Å². The highest BCUT2D eigenvalue weighted by Crippen LogP contribution is 2.18. The largest absolute Gasteiger partial charge is 0.370 e. The highest BCUT2D eigenvalue weighted by atomic mass is 127. The zero-order valence-electron chi connectivity index (χ0n) is 15.7. The van der Waals surface area contributed by atoms with Gasteiger partial charge in [0.2, 0.25) is 0 Å². The van der Waals surface area contributed by atoms with Crippen molar-refractivity contribution in [1.82, 2.24) is 4.90 Å². The minimum Gasteiger partial charge on any atom is -0.370 e. The number of halogens is 1. The summed E-state index contributed by atoms with van der Waals surface area (Å²) < 4.78 is 0. The van der Waals surface area contributed by atoms with Crippen LogP contribution < -0.4 is 11.1 Å². The van der Waals surface area contributed by atoms with Crippen molar-refractivity contribution in [1.29, 1.82) is 0 Å². The summed E-state index contributed by atoms with van der Waals surface area (Å²) in [5, 5.41) is 3.18. The van der Waals surface area contributed by atoms with Crippen LogP contribution in [0.1, 0.15) is 57.4 Å². The summed E-state index contributed by atoms with van der Waals surface area (Å²) in [6.07, 6.45) is 6.21. The molecule has 1 aromatic rings. The van der Waals surface area contributed by atoms with Gasteiger partial charge in [-0.3, -0.25) is 4.99 Å². The molecule has 0 spiro atoms. The van der Waals surface area contributed by atoms with Gasteiger partial charge in [-0.1, -0.05) is 45.2 Å². The second kappa shape index (κ2) is 13.5. The van der Waals surface area contributed by atoms with E-state index in [0.717, 1.165) is 18.7 Å². The Balaban J connectivity index is 0.00000529. The van der Waals surface area contributed by atoms with Crippen LogP contribution in [0.5, 0.6) is 0 Å². The standard InChI is InChI=1S/C19H34N4.HI/c1-16(2)17-11-10-12-18(15-17)22-19(20)21-13-8-6-5-7-9-14-23(3)4;/h10-12,15-16H,5-9,13-14H2,1-4H3,(H3,20,21,22);1H. The van der Waals surface area contributed by atoms with E-state index in [1.165, 1.54) is 37.8 Å². The average molecular weight is 446 g/mol. The summed E-state index contributed by atoms with van der Waals surface area (Å²) in [4.78, 5) is 6.66. The second-order valence-electron chi connectivity index (χ2n) is 6.74. The van der Waals surface area contributed by atoms with E-state index in [4.69, 9.17) is 5.73 Å². The van der Waals surface area contributed by atoms with E-state index in [1.807, 2.05) is 6.07 Å². The molecule has 1 aromatic carbocycles. The molecule has 0 amide bonds. The molecule has 138 valence electrons. The summed E-state index contributed by atoms with van der Waals surface area (Å²) in [7, 11) is 4.25. The van der Waals surface area contributed by atoms with E-state index in [0.29, 0.717) is 11.9 Å². The predicted octanol–water partition coefficient (Wildman–Crippen LogP) is 4.67. The molecular formula is C19H35IN4. The topological polar surface area (TPSA) is 53.6 Å². The fourth-order valence-electron chi connectivity index (χ4n) is 2.43. The molecule has 0 saturated carbocycles. The van der Waals surface area contributed by atoms with Gasteiger partial charge in [0.05, 0.1) is 0 Å². The first-order valence-electron chi connectivity index (χ1n) is 8.80. The SMILES string of the molecule is CC(C)c1cccc(NC(N)=NCCCCCCCN(C)C)c1.I. The molecule has 0 fully saturated rings. The minimum absolute atomic E-state index is 0. The zero-order valence-corrected chi connectivity index (χ0v) is 18.0. The third-order valence-electron chi connectivity index (χ3n) is 3.87. The average Bonchev–Trinajstić information content (AvgIpc) is 2.49. The Morgan fingerprint density at radius 1 is 1.12 bits per heavy atom. The van der Waals surface area contributed by atoms with Crippen LogP contribution in [0.2, 0.25) is 0 Å². The van der Waals surface area contributed by atoms with E-state index >= 15 is 0 Å². The summed E-state index contributed by atoms with van der Waals surface area (Å²) >= 11 is 0. The number of guanidine groups is 1. The molecule has 0 unspecified atom stereocenters. The first kappa shape index (κ1) is 23.2. The van der Waals surface area contributed by atoms with Gasteiger partial charge >= 0.3 is 0 Å². The molecule has 5 heteroatoms. The quantitative estimate of drug-likeness (QED) is 0.238. The van der Waals surface area contributed by atoms with Crippen LogP contribution in [0.4, 0.5) is 5.69 Å². The molecule has 3 N–H and O–H groups in total. The van der Waals surface area contributed by atoms with Crippen molar-refractivity contribution in [2.45, 2.75) is 51.9 Å². The van der Waals surface area contributed by atoms with Gasteiger partial charge in [0, 0.05) is 12.2 Å². The number of nitrogens with two attached hydrogens (primary N) is 1. The Kier molecular flexibility index (Phi) is 13.0. The lowest BCUT2D eigenvalue weighted by Crippen LogP contribution is -2.22. The van der Waals surface area contributed by atoms with Crippen molar-refractivity contribution in [2.24, 2.45) is 10.7 Å². The number of hydrogen-bond acceptors (Lipinski definition) is 2. The highest BCUT2D eigenvalue weighted by molar-refractivity contribution is 14.0. The van der Waals surface area contributed by atoms with Crippen LogP contribution in [0.3, 0.4) is 0 Å². The molecular weight excluding hydrogens is 411 g/mol. The van der Waals surface area contributed by atoms with E-state index < -0.39 is 0 Å². The molecule has 0 aliphatic carbocycles. The van der Waals surface area contributed by atoms with E-state index in [1.54, 1.807) is 0 Å². The van der Waals surface area contributed by atoms with Gasteiger partial charge in [0.15, 0.2) is 5.96 Å². The molecule has 0 heterocycles. The summed E-state index contributed by atoms with van der Waals surface area (Å²) in [5.74, 6) is 1.03. The lowest BCUT2D eigenvalue weighted by atomic mass is 10.0. The lowest BCUT2D eigenvalue weighted by Gasteiger charge is -2.10. The van der Waals surface area contributed by atoms with Crippen molar-refractivity contribution >= 4 is 35.6 Å². The molecule has 0 atom stereocenters. The Hall–Kier alpha value is -0.820. The maximum Gasteiger partial charge on any atom is 0.193 e. The van der Waals surface area contributed by atoms with Gasteiger partial charge in [-0.25, -0.2) is 0 Å². The zero-order chi connectivity index (χ0) is 17.1. The van der Waals surface area contributed by atoms with Crippen LogP contribution in [-0.2, 0) is 0 Å². The molecule has 0 bridgehead atoms. The Labute approximate surface area is 165 Å². The number of aliphatic imine (C=N–C) groups is 1. The molecule has 1 rings (SSSR count). The number of anilines is 1. The van der Waals surface area contributed by atoms with E-state index in [2.05, 4.69) is 61.4 Å². The van der Waals surface area contributed by atoms with Gasteiger partial charge in [0.25, 0.3) is 0 Å². The monoisotopic (exact) mass is 446 g/mol. The number of nitrogens with zero attached hydrogens (tertiary/aromatic N) is 2. The van der Waals surface area contributed by atoms with E-state index in [-0.39, 0.29) is 24.0 Å². The third kappa shape index (κ3) is 10.9. The molecule has 4 nitrogen and oxygen atoms in total. The number of benzene rings is 1. The summed E-state index contributed by atoms with van der Waals surface area (Å²) in [6.45, 7) is 6.37. The minimum atomic E-state index is 0. The van der Waals surface area contributed by atoms with Crippen LogP contribution in [0, 0.1) is 0 Å². The number of unbranched alkanes of at least 4 members (excludes halogenated alkanes) is 4. The lowest BCUT2D eigenvalue weighted by molar-refractivity contribution is 0.390. The van der Waals surface area contributed by atoms with Crippen LogP contribution in [-0.4, -0.2) is 38.0 Å². The fourth-order valence-corrected chi connectivity index (χ4v) is 2.43. The van der Waals surface area contributed by atoms with Crippen molar-refractivity contribution in [3.63, 3.8) is 0 Å². The van der Waals surface area contributed by atoms with Gasteiger partial charge in [0.1, 0.15) is 0 Å². The Morgan fingerprint density at radius 3 is 2.46 bits per heavy atom. The Bertz CT molecular complexity index is 472. The normalized spacial score (nSPS) is 11.7. The number of hydrogen-bond donors (Lipinski definition) is 2. The van der Waals surface area contributed by atoms with Crippen LogP contribution in [0.25, 0.3) is 0 Å². The molecule has 0 saturated heterocycles. The van der Waals surface area contributed by atoms with Gasteiger partial charge in [-0.15, -0.1) is 24.0 Å². The van der Waals surface area contributed by atoms with Gasteiger partial charge in [-0.05, 0) is 57.1 Å². The smallest absolute Gasteiger partial charge is 0.193 e. The van der Waals surface area contributed by atoms with Crippen molar-refractivity contribution in [2.75, 3.05) is 32.5 Å². The highest BCUT2D eigenvalue weighted by Gasteiger charge is 2.01. The first-order valence-corrected chi connectivity index (χ1v) is 8.80. The number of rotatable bonds is 10. The second-order valence-corrected chi connectivity index (χ2v) is 6.74. The molecule has 0 radical (unpaired) electrons. The first-order chi connectivity index (χ1) is 11.0. The number of nitrogens with one attached hydrogen (secondary N) is 1. The van der Waals surface area contributed by atoms with Crippen molar-refractivity contribution in [3.8, 4) is 0 Å². The molecule has 0 aliphatic rings. The molecule has 0 aliphatic heterocycles. The molecule has 24 heavy (non-hydrogen) atoms. The fraction of sp³-hybridized carbons (Fsp3) is 0.632. The van der Waals surface area contributed by atoms with Crippen molar-refractivity contribution < 1.29 is 0 Å². The Morgan fingerprint density at radius 2 is 1.79 bits per heavy atom. The van der Waals surface area contributed by atoms with Gasteiger partial charge in [-0.2, -0.15) is 0 Å². The van der Waals surface area contributed by atoms with Gasteiger partial charge < -0.3 is 16.0 Å². The third-order valence-corrected chi connectivity index (χ3v) is 3.87. The van der Waals surface area contributed by atoms with E-state index in [9.17, 15) is 0 Å². The maximum absolute atomic E-state index is 5.96. The summed E-state index contributed by atoms with van der Waals surface area (Å²) in [6, 6.07) is 8.36. The van der Waals surface area contributed by atoms with Crippen LogP contribution in [0.15, 0.2) is 29.3 Å². The summed E-state index contributed by atoms with van der Waals surface area (Å²) in [5.41, 5.74) is 8.28. The maximum atomic E-state index is 5.96. The van der Waals surface area contributed by atoms with Crippen molar-refractivity contribution in [3.05, 3.63) is 29.8 Å². The molecule has 0 aromatic heterocycles.